The van der Waals surface area contributed by atoms with Gasteiger partial charge in [0.15, 0.2) is 0 Å². The molecule has 1 heterocycles. The lowest BCUT2D eigenvalue weighted by Crippen LogP contribution is -2.42. The van der Waals surface area contributed by atoms with Crippen molar-refractivity contribution < 1.29 is 14.4 Å². The largest absolute Gasteiger partial charge is 0.355 e. The SMILES string of the molecule is CCCN1C(=O)CC(NCCNC(=O)C2CC2)C1=O. The lowest BCUT2D eigenvalue weighted by atomic mass is 10.2. The molecule has 2 N–H and O–H groups in total. The Morgan fingerprint density at radius 1 is 1.32 bits per heavy atom. The second kappa shape index (κ2) is 6.14. The summed E-state index contributed by atoms with van der Waals surface area (Å²) in [5.41, 5.74) is 0. The van der Waals surface area contributed by atoms with Gasteiger partial charge in [-0.15, -0.1) is 0 Å². The average Bonchev–Trinajstić information content (AvgIpc) is 3.19. The molecule has 2 fully saturated rings. The first-order valence-corrected chi connectivity index (χ1v) is 6.98. The van der Waals surface area contributed by atoms with Crippen LogP contribution in [0.2, 0.25) is 0 Å². The number of amides is 3. The molecule has 1 aliphatic heterocycles. The van der Waals surface area contributed by atoms with Crippen LogP contribution in [0.15, 0.2) is 0 Å². The molecule has 6 nitrogen and oxygen atoms in total. The smallest absolute Gasteiger partial charge is 0.246 e. The molecule has 0 bridgehead atoms. The Kier molecular flexibility index (Phi) is 4.52. The van der Waals surface area contributed by atoms with E-state index < -0.39 is 6.04 Å². The van der Waals surface area contributed by atoms with Crippen molar-refractivity contribution in [3.8, 4) is 0 Å². The number of hydrogen-bond acceptors (Lipinski definition) is 4. The van der Waals surface area contributed by atoms with Gasteiger partial charge in [0.2, 0.25) is 17.7 Å². The van der Waals surface area contributed by atoms with Crippen LogP contribution in [-0.2, 0) is 14.4 Å². The van der Waals surface area contributed by atoms with Crippen molar-refractivity contribution in [3.63, 3.8) is 0 Å². The molecule has 1 unspecified atom stereocenters. The summed E-state index contributed by atoms with van der Waals surface area (Å²) in [5, 5.41) is 5.86. The van der Waals surface area contributed by atoms with E-state index in [2.05, 4.69) is 10.6 Å². The Balaban J connectivity index is 1.67. The molecule has 0 aromatic heterocycles. The van der Waals surface area contributed by atoms with E-state index in [1.165, 1.54) is 4.90 Å². The Bertz CT molecular complexity index is 379. The van der Waals surface area contributed by atoms with Crippen LogP contribution in [0.25, 0.3) is 0 Å². The summed E-state index contributed by atoms with van der Waals surface area (Å²) >= 11 is 0. The molecule has 1 saturated carbocycles. The van der Waals surface area contributed by atoms with Gasteiger partial charge in [-0.25, -0.2) is 0 Å². The summed E-state index contributed by atoms with van der Waals surface area (Å²) in [4.78, 5) is 36.2. The molecule has 19 heavy (non-hydrogen) atoms. The van der Waals surface area contributed by atoms with Crippen LogP contribution >= 0.6 is 0 Å². The van der Waals surface area contributed by atoms with Gasteiger partial charge in [-0.05, 0) is 19.3 Å². The van der Waals surface area contributed by atoms with Gasteiger partial charge in [0.1, 0.15) is 0 Å². The van der Waals surface area contributed by atoms with E-state index in [-0.39, 0.29) is 30.1 Å². The standard InChI is InChI=1S/C13H21N3O3/c1-2-7-16-11(17)8-10(13(16)19)14-5-6-15-12(18)9-3-4-9/h9-10,14H,2-8H2,1H3,(H,15,18). The summed E-state index contributed by atoms with van der Waals surface area (Å²) in [6.45, 7) is 3.45. The first-order chi connectivity index (χ1) is 9.13. The van der Waals surface area contributed by atoms with Crippen molar-refractivity contribution in [1.29, 1.82) is 0 Å². The average molecular weight is 267 g/mol. The molecule has 106 valence electrons. The molecule has 1 saturated heterocycles. The van der Waals surface area contributed by atoms with Crippen molar-refractivity contribution in [2.75, 3.05) is 19.6 Å². The first-order valence-electron chi connectivity index (χ1n) is 6.98. The van der Waals surface area contributed by atoms with Crippen LogP contribution in [0.1, 0.15) is 32.6 Å². The molecule has 1 atom stereocenters. The molecule has 0 aromatic carbocycles. The predicted octanol–water partition coefficient (Wildman–Crippen LogP) is -0.360. The van der Waals surface area contributed by atoms with Gasteiger partial charge in [-0.2, -0.15) is 0 Å². The molecule has 0 aromatic rings. The van der Waals surface area contributed by atoms with E-state index >= 15 is 0 Å². The van der Waals surface area contributed by atoms with E-state index in [9.17, 15) is 14.4 Å². The molecule has 0 spiro atoms. The normalized spacial score (nSPS) is 23.0. The molecule has 1 aliphatic carbocycles. The summed E-state index contributed by atoms with van der Waals surface area (Å²) in [5.74, 6) is 0.0599. The Morgan fingerprint density at radius 3 is 2.68 bits per heavy atom. The summed E-state index contributed by atoms with van der Waals surface area (Å²) in [6.07, 6.45) is 2.98. The van der Waals surface area contributed by atoms with Crippen molar-refractivity contribution in [3.05, 3.63) is 0 Å². The maximum atomic E-state index is 11.9. The lowest BCUT2D eigenvalue weighted by molar-refractivity contribution is -0.138. The highest BCUT2D eigenvalue weighted by molar-refractivity contribution is 6.05. The zero-order valence-electron chi connectivity index (χ0n) is 11.3. The minimum Gasteiger partial charge on any atom is -0.355 e. The maximum absolute atomic E-state index is 11.9. The highest BCUT2D eigenvalue weighted by atomic mass is 16.2. The molecule has 6 heteroatoms. The van der Waals surface area contributed by atoms with Crippen LogP contribution in [0.3, 0.4) is 0 Å². The Morgan fingerprint density at radius 2 is 2.05 bits per heavy atom. The Hall–Kier alpha value is -1.43. The number of carbonyl (C=O) groups is 3. The van der Waals surface area contributed by atoms with Gasteiger partial charge in [0.25, 0.3) is 0 Å². The number of imide groups is 1. The summed E-state index contributed by atoms with van der Waals surface area (Å²) in [7, 11) is 0. The number of likely N-dealkylation sites (tertiary alicyclic amines) is 1. The number of rotatable bonds is 7. The van der Waals surface area contributed by atoms with Crippen LogP contribution in [0.4, 0.5) is 0 Å². The minimum atomic E-state index is -0.420. The van der Waals surface area contributed by atoms with Gasteiger partial charge < -0.3 is 10.6 Å². The zero-order valence-corrected chi connectivity index (χ0v) is 11.3. The third-order valence-corrected chi connectivity index (χ3v) is 3.45. The second-order valence-corrected chi connectivity index (χ2v) is 5.16. The first kappa shape index (κ1) is 14.0. The van der Waals surface area contributed by atoms with Gasteiger partial charge >= 0.3 is 0 Å². The topological polar surface area (TPSA) is 78.5 Å². The number of carbonyl (C=O) groups excluding carboxylic acids is 3. The fourth-order valence-electron chi connectivity index (χ4n) is 2.22. The van der Waals surface area contributed by atoms with Crippen molar-refractivity contribution in [2.24, 2.45) is 5.92 Å². The summed E-state index contributed by atoms with van der Waals surface area (Å²) in [6, 6.07) is -0.420. The van der Waals surface area contributed by atoms with Crippen molar-refractivity contribution in [1.82, 2.24) is 15.5 Å². The van der Waals surface area contributed by atoms with Crippen LogP contribution in [0.5, 0.6) is 0 Å². The van der Waals surface area contributed by atoms with E-state index in [1.54, 1.807) is 0 Å². The van der Waals surface area contributed by atoms with E-state index in [0.29, 0.717) is 19.6 Å². The van der Waals surface area contributed by atoms with Crippen molar-refractivity contribution in [2.45, 2.75) is 38.6 Å². The highest BCUT2D eigenvalue weighted by Gasteiger charge is 2.37. The molecule has 0 radical (unpaired) electrons. The monoisotopic (exact) mass is 267 g/mol. The minimum absolute atomic E-state index is 0.100. The third-order valence-electron chi connectivity index (χ3n) is 3.45. The number of nitrogens with one attached hydrogen (secondary N) is 2. The molecular formula is C13H21N3O3. The van der Waals surface area contributed by atoms with Gasteiger partial charge in [0.05, 0.1) is 12.5 Å². The highest BCUT2D eigenvalue weighted by Crippen LogP contribution is 2.28. The number of nitrogens with zero attached hydrogens (tertiary/aromatic N) is 1. The van der Waals surface area contributed by atoms with E-state index in [0.717, 1.165) is 19.3 Å². The predicted molar refractivity (Wildman–Crippen MR) is 69.2 cm³/mol. The van der Waals surface area contributed by atoms with Crippen molar-refractivity contribution >= 4 is 17.7 Å². The molecule has 2 aliphatic rings. The van der Waals surface area contributed by atoms with Gasteiger partial charge in [-0.3, -0.25) is 19.3 Å². The van der Waals surface area contributed by atoms with Crippen LogP contribution < -0.4 is 10.6 Å². The number of hydrogen-bond donors (Lipinski definition) is 2. The third kappa shape index (κ3) is 3.53. The van der Waals surface area contributed by atoms with Crippen LogP contribution in [-0.4, -0.2) is 48.3 Å². The fraction of sp³-hybridized carbons (Fsp3) is 0.769. The second-order valence-electron chi connectivity index (χ2n) is 5.16. The lowest BCUT2D eigenvalue weighted by Gasteiger charge is -2.14. The Labute approximate surface area is 112 Å². The molecule has 2 rings (SSSR count). The maximum Gasteiger partial charge on any atom is 0.246 e. The van der Waals surface area contributed by atoms with Gasteiger partial charge in [-0.1, -0.05) is 6.92 Å². The molecular weight excluding hydrogens is 246 g/mol. The summed E-state index contributed by atoms with van der Waals surface area (Å²) < 4.78 is 0. The fourth-order valence-corrected chi connectivity index (χ4v) is 2.22. The quantitative estimate of drug-likeness (QED) is 0.488. The zero-order chi connectivity index (χ0) is 13.8. The van der Waals surface area contributed by atoms with Crippen LogP contribution in [0, 0.1) is 5.92 Å². The van der Waals surface area contributed by atoms with Gasteiger partial charge in [0, 0.05) is 25.6 Å². The van der Waals surface area contributed by atoms with E-state index in [1.807, 2.05) is 6.92 Å². The molecule has 3 amide bonds. The van der Waals surface area contributed by atoms with E-state index in [4.69, 9.17) is 0 Å².